The number of anilines is 1. The largest absolute Gasteiger partial charge is 0.370 e. The summed E-state index contributed by atoms with van der Waals surface area (Å²) < 4.78 is 0. The van der Waals surface area contributed by atoms with Crippen molar-refractivity contribution in [2.75, 3.05) is 11.9 Å². The highest BCUT2D eigenvalue weighted by atomic mass is 15.0. The van der Waals surface area contributed by atoms with E-state index in [0.717, 1.165) is 37.3 Å². The third-order valence-electron chi connectivity index (χ3n) is 3.74. The molecule has 1 aliphatic carbocycles. The van der Waals surface area contributed by atoms with Gasteiger partial charge in [0.05, 0.1) is 0 Å². The smallest absolute Gasteiger partial charge is 0.129 e. The van der Waals surface area contributed by atoms with Gasteiger partial charge in [-0.3, -0.25) is 0 Å². The zero-order valence-corrected chi connectivity index (χ0v) is 11.2. The molecule has 1 aromatic rings. The van der Waals surface area contributed by atoms with Gasteiger partial charge in [-0.2, -0.15) is 0 Å². The molecule has 2 unspecified atom stereocenters. The van der Waals surface area contributed by atoms with Crippen LogP contribution in [0.4, 0.5) is 5.82 Å². The first kappa shape index (κ1) is 13.3. The van der Waals surface area contributed by atoms with Gasteiger partial charge >= 0.3 is 0 Å². The maximum absolute atomic E-state index is 6.15. The van der Waals surface area contributed by atoms with Crippen molar-refractivity contribution >= 4 is 5.82 Å². The Morgan fingerprint density at radius 3 is 2.94 bits per heavy atom. The Balaban J connectivity index is 1.87. The third kappa shape index (κ3) is 3.67. The minimum atomic E-state index is 0.350. The Morgan fingerprint density at radius 2 is 2.17 bits per heavy atom. The molecule has 1 aliphatic rings. The summed E-state index contributed by atoms with van der Waals surface area (Å²) in [6.07, 6.45) is 8.77. The molecular weight excluding hydrogens is 224 g/mol. The Morgan fingerprint density at radius 1 is 1.33 bits per heavy atom. The van der Waals surface area contributed by atoms with Gasteiger partial charge in [-0.15, -0.1) is 0 Å². The van der Waals surface area contributed by atoms with E-state index >= 15 is 0 Å². The number of nitrogens with zero attached hydrogens (tertiary/aromatic N) is 2. The molecule has 18 heavy (non-hydrogen) atoms. The number of rotatable bonds is 5. The molecule has 3 N–H and O–H groups in total. The first-order valence-electron chi connectivity index (χ1n) is 7.10. The van der Waals surface area contributed by atoms with Gasteiger partial charge in [0.15, 0.2) is 0 Å². The van der Waals surface area contributed by atoms with Gasteiger partial charge in [0, 0.05) is 24.3 Å². The van der Waals surface area contributed by atoms with Gasteiger partial charge in [0.25, 0.3) is 0 Å². The Labute approximate surface area is 109 Å². The molecule has 0 aromatic carbocycles. The van der Waals surface area contributed by atoms with Crippen LogP contribution in [0.5, 0.6) is 0 Å². The third-order valence-corrected chi connectivity index (χ3v) is 3.74. The van der Waals surface area contributed by atoms with E-state index in [9.17, 15) is 0 Å². The molecule has 0 aliphatic heterocycles. The predicted octanol–water partition coefficient (Wildman–Crippen LogP) is 2.36. The number of aryl methyl sites for hydroxylation is 1. The normalized spacial score (nSPS) is 23.9. The van der Waals surface area contributed by atoms with Gasteiger partial charge in [-0.1, -0.05) is 26.2 Å². The van der Waals surface area contributed by atoms with Crippen molar-refractivity contribution in [3.05, 3.63) is 18.1 Å². The number of nitrogens with two attached hydrogens (primary N) is 1. The van der Waals surface area contributed by atoms with E-state index < -0.39 is 0 Å². The Hall–Kier alpha value is -1.16. The molecule has 1 saturated carbocycles. The van der Waals surface area contributed by atoms with Gasteiger partial charge in [-0.25, -0.2) is 9.97 Å². The van der Waals surface area contributed by atoms with Gasteiger partial charge < -0.3 is 11.1 Å². The highest BCUT2D eigenvalue weighted by Crippen LogP contribution is 2.23. The monoisotopic (exact) mass is 248 g/mol. The first-order valence-corrected chi connectivity index (χ1v) is 7.10. The minimum Gasteiger partial charge on any atom is -0.370 e. The van der Waals surface area contributed by atoms with Crippen LogP contribution in [-0.2, 0) is 6.42 Å². The van der Waals surface area contributed by atoms with Gasteiger partial charge in [0.1, 0.15) is 12.1 Å². The summed E-state index contributed by atoms with van der Waals surface area (Å²) in [7, 11) is 0. The number of nitrogens with one attached hydrogen (secondary N) is 1. The van der Waals surface area contributed by atoms with E-state index in [1.807, 2.05) is 0 Å². The standard InChI is InChI=1S/C14H24N4/c1-2-5-12-8-14(18-10-17-12)16-9-11-6-3-4-7-13(11)15/h8,10-11,13H,2-7,9,15H2,1H3,(H,16,17,18). The lowest BCUT2D eigenvalue weighted by atomic mass is 9.85. The zero-order valence-electron chi connectivity index (χ0n) is 11.2. The van der Waals surface area contributed by atoms with E-state index in [1.54, 1.807) is 6.33 Å². The van der Waals surface area contributed by atoms with E-state index in [2.05, 4.69) is 28.3 Å². The van der Waals surface area contributed by atoms with E-state index in [-0.39, 0.29) is 0 Å². The second-order valence-electron chi connectivity index (χ2n) is 5.23. The molecule has 100 valence electrons. The highest BCUT2D eigenvalue weighted by Gasteiger charge is 2.21. The molecule has 0 amide bonds. The summed E-state index contributed by atoms with van der Waals surface area (Å²) >= 11 is 0. The molecule has 4 heteroatoms. The predicted molar refractivity (Wildman–Crippen MR) is 74.5 cm³/mol. The highest BCUT2D eigenvalue weighted by molar-refractivity contribution is 5.34. The molecule has 0 spiro atoms. The molecule has 2 atom stereocenters. The first-order chi connectivity index (χ1) is 8.79. The quantitative estimate of drug-likeness (QED) is 0.839. The van der Waals surface area contributed by atoms with Crippen molar-refractivity contribution < 1.29 is 0 Å². The lowest BCUT2D eigenvalue weighted by Gasteiger charge is -2.28. The molecule has 1 heterocycles. The minimum absolute atomic E-state index is 0.350. The molecule has 0 saturated heterocycles. The van der Waals surface area contributed by atoms with Crippen LogP contribution < -0.4 is 11.1 Å². The van der Waals surface area contributed by atoms with Crippen molar-refractivity contribution in [2.45, 2.75) is 51.5 Å². The summed E-state index contributed by atoms with van der Waals surface area (Å²) in [6.45, 7) is 3.10. The average Bonchev–Trinajstić information content (AvgIpc) is 2.39. The van der Waals surface area contributed by atoms with Crippen LogP contribution in [0.2, 0.25) is 0 Å². The van der Waals surface area contributed by atoms with Crippen LogP contribution in [0.25, 0.3) is 0 Å². The van der Waals surface area contributed by atoms with Crippen LogP contribution >= 0.6 is 0 Å². The molecule has 2 rings (SSSR count). The van der Waals surface area contributed by atoms with E-state index in [1.165, 1.54) is 19.3 Å². The summed E-state index contributed by atoms with van der Waals surface area (Å²) in [4.78, 5) is 8.53. The van der Waals surface area contributed by atoms with Gasteiger partial charge in [-0.05, 0) is 25.2 Å². The fraction of sp³-hybridized carbons (Fsp3) is 0.714. The summed E-state index contributed by atoms with van der Waals surface area (Å²) in [5.41, 5.74) is 7.26. The molecule has 1 fully saturated rings. The maximum Gasteiger partial charge on any atom is 0.129 e. The van der Waals surface area contributed by atoms with Crippen molar-refractivity contribution in [2.24, 2.45) is 11.7 Å². The number of hydrogen-bond donors (Lipinski definition) is 2. The maximum atomic E-state index is 6.15. The van der Waals surface area contributed by atoms with Crippen molar-refractivity contribution in [1.82, 2.24) is 9.97 Å². The van der Waals surface area contributed by atoms with Crippen LogP contribution in [0.1, 0.15) is 44.7 Å². The SMILES string of the molecule is CCCc1cc(NCC2CCCCC2N)ncn1. The Kier molecular flexibility index (Phi) is 4.93. The van der Waals surface area contributed by atoms with Crippen LogP contribution in [0.3, 0.4) is 0 Å². The molecular formula is C14H24N4. The molecule has 1 aromatic heterocycles. The zero-order chi connectivity index (χ0) is 12.8. The molecule has 0 bridgehead atoms. The average molecular weight is 248 g/mol. The lowest BCUT2D eigenvalue weighted by Crippen LogP contribution is -2.37. The lowest BCUT2D eigenvalue weighted by molar-refractivity contribution is 0.321. The molecule has 0 radical (unpaired) electrons. The van der Waals surface area contributed by atoms with E-state index in [4.69, 9.17) is 5.73 Å². The van der Waals surface area contributed by atoms with Gasteiger partial charge in [0.2, 0.25) is 0 Å². The summed E-state index contributed by atoms with van der Waals surface area (Å²) in [5.74, 6) is 1.52. The van der Waals surface area contributed by atoms with Crippen LogP contribution in [-0.4, -0.2) is 22.6 Å². The van der Waals surface area contributed by atoms with Crippen LogP contribution in [0.15, 0.2) is 12.4 Å². The second-order valence-corrected chi connectivity index (χ2v) is 5.23. The summed E-state index contributed by atoms with van der Waals surface area (Å²) in [5, 5.41) is 3.41. The summed E-state index contributed by atoms with van der Waals surface area (Å²) in [6, 6.07) is 2.40. The number of aromatic nitrogens is 2. The van der Waals surface area contributed by atoms with Crippen LogP contribution in [0, 0.1) is 5.92 Å². The molecule has 4 nitrogen and oxygen atoms in total. The van der Waals surface area contributed by atoms with E-state index in [0.29, 0.717) is 12.0 Å². The number of hydrogen-bond acceptors (Lipinski definition) is 4. The Bertz CT molecular complexity index is 367. The van der Waals surface area contributed by atoms with Crippen molar-refractivity contribution in [1.29, 1.82) is 0 Å². The topological polar surface area (TPSA) is 63.8 Å². The fourth-order valence-electron chi connectivity index (χ4n) is 2.61. The second kappa shape index (κ2) is 6.69. The van der Waals surface area contributed by atoms with Crippen molar-refractivity contribution in [3.63, 3.8) is 0 Å². The fourth-order valence-corrected chi connectivity index (χ4v) is 2.61. The van der Waals surface area contributed by atoms with Crippen molar-refractivity contribution in [3.8, 4) is 0 Å².